The summed E-state index contributed by atoms with van der Waals surface area (Å²) in [5.41, 5.74) is 2.95. The lowest BCUT2D eigenvalue weighted by Gasteiger charge is -2.49. The Kier molecular flexibility index (Phi) is 5.59. The largest absolute Gasteiger partial charge is 0.371 e. The van der Waals surface area contributed by atoms with Crippen molar-refractivity contribution in [3.05, 3.63) is 24.0 Å². The van der Waals surface area contributed by atoms with Crippen molar-refractivity contribution in [3.63, 3.8) is 0 Å². The first-order chi connectivity index (χ1) is 10.1. The van der Waals surface area contributed by atoms with Crippen molar-refractivity contribution < 1.29 is 0 Å². The molecule has 1 aliphatic rings. The summed E-state index contributed by atoms with van der Waals surface area (Å²) in [6.07, 6.45) is 9.02. The van der Waals surface area contributed by atoms with Gasteiger partial charge >= 0.3 is 0 Å². The molecule has 0 unspecified atom stereocenters. The van der Waals surface area contributed by atoms with Crippen molar-refractivity contribution in [2.45, 2.75) is 44.7 Å². The van der Waals surface area contributed by atoms with E-state index >= 15 is 0 Å². The maximum absolute atomic E-state index is 4.33. The number of nitrogens with one attached hydrogen (secondary N) is 1. The second kappa shape index (κ2) is 7.23. The molecule has 1 heterocycles. The minimum atomic E-state index is 0.346. The Morgan fingerprint density at radius 3 is 2.62 bits per heavy atom. The SMILES string of the molecule is CCCNCc1ccncc1N(C)CC1(N(C)C)CCC1. The van der Waals surface area contributed by atoms with Gasteiger partial charge in [-0.15, -0.1) is 0 Å². The molecule has 21 heavy (non-hydrogen) atoms. The highest BCUT2D eigenvalue weighted by molar-refractivity contribution is 5.51. The van der Waals surface area contributed by atoms with E-state index in [2.05, 4.69) is 54.2 Å². The van der Waals surface area contributed by atoms with E-state index in [1.165, 1.54) is 36.9 Å². The number of rotatable bonds is 8. The van der Waals surface area contributed by atoms with Crippen LogP contribution in [-0.2, 0) is 6.54 Å². The molecular weight excluding hydrogens is 260 g/mol. The highest BCUT2D eigenvalue weighted by Crippen LogP contribution is 2.37. The van der Waals surface area contributed by atoms with Crippen LogP contribution in [0.1, 0.15) is 38.2 Å². The van der Waals surface area contributed by atoms with Gasteiger partial charge in [-0.05, 0) is 58.0 Å². The van der Waals surface area contributed by atoms with E-state index in [0.29, 0.717) is 5.54 Å². The van der Waals surface area contributed by atoms with Crippen molar-refractivity contribution in [2.24, 2.45) is 0 Å². The van der Waals surface area contributed by atoms with Crippen LogP contribution >= 0.6 is 0 Å². The van der Waals surface area contributed by atoms with Crippen molar-refractivity contribution in [1.29, 1.82) is 0 Å². The predicted octanol–water partition coefficient (Wildman–Crippen LogP) is 2.50. The van der Waals surface area contributed by atoms with E-state index in [4.69, 9.17) is 0 Å². The lowest BCUT2D eigenvalue weighted by molar-refractivity contribution is 0.0683. The molecule has 0 aliphatic heterocycles. The van der Waals surface area contributed by atoms with Crippen LogP contribution in [0.2, 0.25) is 0 Å². The molecule has 1 fully saturated rings. The van der Waals surface area contributed by atoms with Crippen LogP contribution in [0.25, 0.3) is 0 Å². The summed E-state index contributed by atoms with van der Waals surface area (Å²) in [5.74, 6) is 0. The van der Waals surface area contributed by atoms with Crippen LogP contribution in [0, 0.1) is 0 Å². The summed E-state index contributed by atoms with van der Waals surface area (Å²) in [4.78, 5) is 9.12. The molecule has 1 N–H and O–H groups in total. The van der Waals surface area contributed by atoms with Gasteiger partial charge in [0.25, 0.3) is 0 Å². The highest BCUT2D eigenvalue weighted by Gasteiger charge is 2.40. The van der Waals surface area contributed by atoms with Gasteiger partial charge in [0.2, 0.25) is 0 Å². The van der Waals surface area contributed by atoms with Crippen molar-refractivity contribution in [1.82, 2.24) is 15.2 Å². The Morgan fingerprint density at radius 2 is 2.05 bits per heavy atom. The first-order valence-corrected chi connectivity index (χ1v) is 8.11. The first-order valence-electron chi connectivity index (χ1n) is 8.11. The maximum atomic E-state index is 4.33. The normalized spacial score (nSPS) is 16.8. The molecular formula is C17H30N4. The molecule has 0 radical (unpaired) electrons. The molecule has 4 heteroatoms. The van der Waals surface area contributed by atoms with Crippen molar-refractivity contribution in [2.75, 3.05) is 39.1 Å². The van der Waals surface area contributed by atoms with E-state index in [1.54, 1.807) is 0 Å². The molecule has 1 aromatic rings. The Balaban J connectivity index is 2.06. The van der Waals surface area contributed by atoms with Gasteiger partial charge in [0, 0.05) is 31.9 Å². The van der Waals surface area contributed by atoms with E-state index < -0.39 is 0 Å². The first kappa shape index (κ1) is 16.2. The van der Waals surface area contributed by atoms with E-state index in [9.17, 15) is 0 Å². The average Bonchev–Trinajstić information content (AvgIpc) is 2.43. The molecule has 1 aliphatic carbocycles. The number of nitrogens with zero attached hydrogens (tertiary/aromatic N) is 3. The number of likely N-dealkylation sites (N-methyl/N-ethyl adjacent to an activating group) is 2. The maximum Gasteiger partial charge on any atom is 0.0596 e. The predicted molar refractivity (Wildman–Crippen MR) is 89.8 cm³/mol. The van der Waals surface area contributed by atoms with Gasteiger partial charge in [-0.2, -0.15) is 0 Å². The number of pyridine rings is 1. The van der Waals surface area contributed by atoms with Gasteiger partial charge in [0.05, 0.1) is 11.9 Å². The van der Waals surface area contributed by atoms with Crippen LogP contribution in [0.4, 0.5) is 5.69 Å². The molecule has 0 aromatic carbocycles. The zero-order valence-electron chi connectivity index (χ0n) is 14.0. The fourth-order valence-electron chi connectivity index (χ4n) is 3.17. The van der Waals surface area contributed by atoms with E-state index in [-0.39, 0.29) is 0 Å². The van der Waals surface area contributed by atoms with Crippen LogP contribution in [-0.4, -0.2) is 49.7 Å². The minimum Gasteiger partial charge on any atom is -0.371 e. The Labute approximate surface area is 129 Å². The number of hydrogen-bond donors (Lipinski definition) is 1. The van der Waals surface area contributed by atoms with Gasteiger partial charge in [0.15, 0.2) is 0 Å². The Hall–Kier alpha value is -1.13. The monoisotopic (exact) mass is 290 g/mol. The van der Waals surface area contributed by atoms with Crippen LogP contribution < -0.4 is 10.2 Å². The summed E-state index contributed by atoms with van der Waals surface area (Å²) in [6.45, 7) is 5.26. The van der Waals surface area contributed by atoms with Crippen LogP contribution in [0.5, 0.6) is 0 Å². The molecule has 0 bridgehead atoms. The second-order valence-electron chi connectivity index (χ2n) is 6.51. The Morgan fingerprint density at radius 1 is 1.29 bits per heavy atom. The average molecular weight is 290 g/mol. The zero-order valence-corrected chi connectivity index (χ0v) is 14.0. The molecule has 1 aromatic heterocycles. The molecule has 0 amide bonds. The molecule has 0 atom stereocenters. The van der Waals surface area contributed by atoms with Crippen LogP contribution in [0.15, 0.2) is 18.5 Å². The standard InChI is InChI=1S/C17H30N4/c1-5-10-18-12-15-7-11-19-13-16(15)21(4)14-17(20(2)3)8-6-9-17/h7,11,13,18H,5-6,8-10,12,14H2,1-4H3. The third-order valence-electron chi connectivity index (χ3n) is 4.81. The number of hydrogen-bond acceptors (Lipinski definition) is 4. The number of anilines is 1. The fraction of sp³-hybridized carbons (Fsp3) is 0.706. The third kappa shape index (κ3) is 3.74. The lowest BCUT2D eigenvalue weighted by Crippen LogP contribution is -2.56. The molecule has 0 spiro atoms. The van der Waals surface area contributed by atoms with Crippen molar-refractivity contribution >= 4 is 5.69 Å². The van der Waals surface area contributed by atoms with Gasteiger partial charge in [-0.25, -0.2) is 0 Å². The highest BCUT2D eigenvalue weighted by atomic mass is 15.2. The minimum absolute atomic E-state index is 0.346. The molecule has 118 valence electrons. The van der Waals surface area contributed by atoms with Gasteiger partial charge < -0.3 is 15.1 Å². The molecule has 4 nitrogen and oxygen atoms in total. The smallest absolute Gasteiger partial charge is 0.0596 e. The molecule has 0 saturated heterocycles. The third-order valence-corrected chi connectivity index (χ3v) is 4.81. The summed E-state index contributed by atoms with van der Waals surface area (Å²) < 4.78 is 0. The summed E-state index contributed by atoms with van der Waals surface area (Å²) >= 11 is 0. The molecule has 2 rings (SSSR count). The van der Waals surface area contributed by atoms with Gasteiger partial charge in [-0.1, -0.05) is 6.92 Å². The molecule has 1 saturated carbocycles. The Bertz CT molecular complexity index is 440. The summed E-state index contributed by atoms with van der Waals surface area (Å²) in [7, 11) is 6.61. The van der Waals surface area contributed by atoms with Crippen molar-refractivity contribution in [3.8, 4) is 0 Å². The van der Waals surface area contributed by atoms with E-state index in [1.807, 2.05) is 12.4 Å². The second-order valence-corrected chi connectivity index (χ2v) is 6.51. The quantitative estimate of drug-likeness (QED) is 0.746. The lowest BCUT2D eigenvalue weighted by atomic mass is 9.75. The topological polar surface area (TPSA) is 31.4 Å². The van der Waals surface area contributed by atoms with E-state index in [0.717, 1.165) is 19.6 Å². The van der Waals surface area contributed by atoms with Crippen LogP contribution in [0.3, 0.4) is 0 Å². The summed E-state index contributed by atoms with van der Waals surface area (Å²) in [5, 5.41) is 3.50. The van der Waals surface area contributed by atoms with Gasteiger partial charge in [0.1, 0.15) is 0 Å². The van der Waals surface area contributed by atoms with Gasteiger partial charge in [-0.3, -0.25) is 4.98 Å². The number of aromatic nitrogens is 1. The fourth-order valence-corrected chi connectivity index (χ4v) is 3.17. The zero-order chi connectivity index (χ0) is 15.3. The summed E-state index contributed by atoms with van der Waals surface area (Å²) in [6, 6.07) is 2.14.